The molecule has 0 radical (unpaired) electrons. The molecule has 1 amide bonds. The number of carbonyl (C=O) groups is 1. The fraction of sp³-hybridized carbons (Fsp3) is 0.0833. The second-order valence-electron chi connectivity index (χ2n) is 6.80. The van der Waals surface area contributed by atoms with Crippen LogP contribution in [0.15, 0.2) is 78.2 Å². The lowest BCUT2D eigenvalue weighted by Crippen LogP contribution is -2.12. The predicted octanol–water partition coefficient (Wildman–Crippen LogP) is 6.60. The number of nitrogens with one attached hydrogen (secondary N) is 1. The molecule has 4 rings (SSSR count). The summed E-state index contributed by atoms with van der Waals surface area (Å²) in [6, 6.07) is 22.9. The van der Waals surface area contributed by atoms with Gasteiger partial charge in [0.2, 0.25) is 0 Å². The molecule has 0 aliphatic heterocycles. The molecule has 0 aliphatic carbocycles. The average Bonchev–Trinajstić information content (AvgIpc) is 3.25. The molecule has 30 heavy (non-hydrogen) atoms. The van der Waals surface area contributed by atoms with Crippen molar-refractivity contribution in [3.8, 4) is 16.3 Å². The largest absolute Gasteiger partial charge is 0.489 e. The van der Waals surface area contributed by atoms with Crippen LogP contribution in [0, 0.1) is 6.92 Å². The van der Waals surface area contributed by atoms with Crippen molar-refractivity contribution in [3.05, 3.63) is 100 Å². The van der Waals surface area contributed by atoms with Gasteiger partial charge < -0.3 is 10.1 Å². The number of aryl methyl sites for hydroxylation is 1. The highest BCUT2D eigenvalue weighted by atomic mass is 35.5. The molecule has 4 nitrogen and oxygen atoms in total. The van der Waals surface area contributed by atoms with Crippen LogP contribution in [0.5, 0.6) is 5.75 Å². The van der Waals surface area contributed by atoms with E-state index in [1.807, 2.05) is 79.7 Å². The van der Waals surface area contributed by atoms with E-state index in [4.69, 9.17) is 16.3 Å². The van der Waals surface area contributed by atoms with Crippen molar-refractivity contribution < 1.29 is 9.53 Å². The highest BCUT2D eigenvalue weighted by Crippen LogP contribution is 2.26. The van der Waals surface area contributed by atoms with Crippen molar-refractivity contribution in [1.82, 2.24) is 4.98 Å². The molecule has 0 saturated carbocycles. The Morgan fingerprint density at radius 3 is 2.57 bits per heavy atom. The SMILES string of the molecule is Cc1ccc(NC(=O)c2csc(-c3ccc(OCc4cccc(Cl)c4)cc3)n2)cc1. The standard InChI is InChI=1S/C24H19ClN2O2S/c1-16-5-9-20(10-6-16)26-23(28)22-15-30-24(27-22)18-7-11-21(12-8-18)29-14-17-3-2-4-19(25)13-17/h2-13,15H,14H2,1H3,(H,26,28). The van der Waals surface area contributed by atoms with Crippen LogP contribution < -0.4 is 10.1 Å². The van der Waals surface area contributed by atoms with E-state index in [1.54, 1.807) is 5.38 Å². The molecule has 150 valence electrons. The summed E-state index contributed by atoms with van der Waals surface area (Å²) >= 11 is 7.44. The summed E-state index contributed by atoms with van der Waals surface area (Å²) in [6.07, 6.45) is 0. The lowest BCUT2D eigenvalue weighted by atomic mass is 10.2. The van der Waals surface area contributed by atoms with E-state index < -0.39 is 0 Å². The van der Waals surface area contributed by atoms with Crippen molar-refractivity contribution in [2.75, 3.05) is 5.32 Å². The highest BCUT2D eigenvalue weighted by molar-refractivity contribution is 7.13. The Hall–Kier alpha value is -3.15. The van der Waals surface area contributed by atoms with E-state index >= 15 is 0 Å². The van der Waals surface area contributed by atoms with Crippen molar-refractivity contribution in [1.29, 1.82) is 0 Å². The van der Waals surface area contributed by atoms with Gasteiger partial charge in [-0.2, -0.15) is 0 Å². The van der Waals surface area contributed by atoms with E-state index in [0.29, 0.717) is 17.3 Å². The Kier molecular flexibility index (Phi) is 6.12. The van der Waals surface area contributed by atoms with Crippen LogP contribution in [0.4, 0.5) is 5.69 Å². The summed E-state index contributed by atoms with van der Waals surface area (Å²) in [7, 11) is 0. The van der Waals surface area contributed by atoms with Gasteiger partial charge >= 0.3 is 0 Å². The molecule has 1 aromatic heterocycles. The number of aromatic nitrogens is 1. The van der Waals surface area contributed by atoms with Crippen LogP contribution in [0.25, 0.3) is 10.6 Å². The lowest BCUT2D eigenvalue weighted by molar-refractivity contribution is 0.102. The summed E-state index contributed by atoms with van der Waals surface area (Å²) in [5, 5.41) is 6.11. The van der Waals surface area contributed by atoms with Crippen LogP contribution in [-0.2, 0) is 6.61 Å². The number of halogens is 1. The fourth-order valence-corrected chi connectivity index (χ4v) is 3.85. The Labute approximate surface area is 184 Å². The second-order valence-corrected chi connectivity index (χ2v) is 8.10. The molecule has 0 atom stereocenters. The van der Waals surface area contributed by atoms with Crippen molar-refractivity contribution in [2.24, 2.45) is 0 Å². The minimum Gasteiger partial charge on any atom is -0.489 e. The summed E-state index contributed by atoms with van der Waals surface area (Å²) < 4.78 is 5.82. The third-order valence-electron chi connectivity index (χ3n) is 4.44. The van der Waals surface area contributed by atoms with Gasteiger partial charge in [-0.05, 0) is 61.0 Å². The monoisotopic (exact) mass is 434 g/mol. The zero-order valence-corrected chi connectivity index (χ0v) is 17.8. The van der Waals surface area contributed by atoms with E-state index in [1.165, 1.54) is 11.3 Å². The molecule has 0 unspecified atom stereocenters. The van der Waals surface area contributed by atoms with Crippen molar-refractivity contribution in [2.45, 2.75) is 13.5 Å². The van der Waals surface area contributed by atoms with Gasteiger partial charge in [-0.25, -0.2) is 4.98 Å². The van der Waals surface area contributed by atoms with E-state index in [9.17, 15) is 4.79 Å². The Morgan fingerprint density at radius 2 is 1.83 bits per heavy atom. The number of nitrogens with zero attached hydrogens (tertiary/aromatic N) is 1. The van der Waals surface area contributed by atoms with Crippen LogP contribution in [0.1, 0.15) is 21.6 Å². The zero-order chi connectivity index (χ0) is 20.9. The van der Waals surface area contributed by atoms with Crippen molar-refractivity contribution >= 4 is 34.5 Å². The van der Waals surface area contributed by atoms with E-state index in [0.717, 1.165) is 33.1 Å². The topological polar surface area (TPSA) is 51.2 Å². The van der Waals surface area contributed by atoms with Gasteiger partial charge in [0.25, 0.3) is 5.91 Å². The average molecular weight is 435 g/mol. The number of benzene rings is 3. The van der Waals surface area contributed by atoms with Gasteiger partial charge in [0.15, 0.2) is 0 Å². The molecular weight excluding hydrogens is 416 g/mol. The molecule has 4 aromatic rings. The maximum atomic E-state index is 12.4. The number of carbonyl (C=O) groups excluding carboxylic acids is 1. The molecule has 1 heterocycles. The summed E-state index contributed by atoms with van der Waals surface area (Å²) in [4.78, 5) is 16.9. The predicted molar refractivity (Wildman–Crippen MR) is 122 cm³/mol. The first-order valence-electron chi connectivity index (χ1n) is 9.38. The van der Waals surface area contributed by atoms with Gasteiger partial charge in [0, 0.05) is 21.7 Å². The second kappa shape index (κ2) is 9.11. The van der Waals surface area contributed by atoms with Gasteiger partial charge in [-0.1, -0.05) is 41.4 Å². The van der Waals surface area contributed by atoms with Gasteiger partial charge in [0.1, 0.15) is 23.1 Å². The number of anilines is 1. The number of hydrogen-bond donors (Lipinski definition) is 1. The van der Waals surface area contributed by atoms with E-state index in [2.05, 4.69) is 10.3 Å². The minimum atomic E-state index is -0.220. The van der Waals surface area contributed by atoms with Gasteiger partial charge in [-0.15, -0.1) is 11.3 Å². The van der Waals surface area contributed by atoms with Crippen LogP contribution >= 0.6 is 22.9 Å². The molecule has 1 N–H and O–H groups in total. The summed E-state index contributed by atoms with van der Waals surface area (Å²) in [5.74, 6) is 0.537. The van der Waals surface area contributed by atoms with Crippen LogP contribution in [0.2, 0.25) is 5.02 Å². The maximum Gasteiger partial charge on any atom is 0.275 e. The first-order chi connectivity index (χ1) is 14.6. The first-order valence-corrected chi connectivity index (χ1v) is 10.6. The Balaban J connectivity index is 1.39. The van der Waals surface area contributed by atoms with E-state index in [-0.39, 0.29) is 5.91 Å². The highest BCUT2D eigenvalue weighted by Gasteiger charge is 2.12. The first kappa shape index (κ1) is 20.1. The molecule has 6 heteroatoms. The van der Waals surface area contributed by atoms with Crippen LogP contribution in [0.3, 0.4) is 0 Å². The Morgan fingerprint density at radius 1 is 1.07 bits per heavy atom. The zero-order valence-electron chi connectivity index (χ0n) is 16.3. The number of rotatable bonds is 6. The molecule has 0 fully saturated rings. The number of amides is 1. The number of ether oxygens (including phenoxy) is 1. The summed E-state index contributed by atoms with van der Waals surface area (Å²) in [6.45, 7) is 2.45. The van der Waals surface area contributed by atoms with Gasteiger partial charge in [-0.3, -0.25) is 4.79 Å². The summed E-state index contributed by atoms with van der Waals surface area (Å²) in [5.41, 5.74) is 4.24. The molecule has 0 spiro atoms. The number of hydrogen-bond acceptors (Lipinski definition) is 4. The maximum absolute atomic E-state index is 12.4. The van der Waals surface area contributed by atoms with Gasteiger partial charge in [0.05, 0.1) is 0 Å². The third kappa shape index (κ3) is 5.06. The molecule has 3 aromatic carbocycles. The minimum absolute atomic E-state index is 0.220. The molecule has 0 aliphatic rings. The fourth-order valence-electron chi connectivity index (χ4n) is 2.83. The third-order valence-corrected chi connectivity index (χ3v) is 5.57. The quantitative estimate of drug-likeness (QED) is 0.371. The van der Waals surface area contributed by atoms with Crippen LogP contribution in [-0.4, -0.2) is 10.9 Å². The molecular formula is C24H19ClN2O2S. The molecule has 0 bridgehead atoms. The number of thiazole rings is 1. The lowest BCUT2D eigenvalue weighted by Gasteiger charge is -2.07. The molecule has 0 saturated heterocycles. The smallest absolute Gasteiger partial charge is 0.275 e. The normalized spacial score (nSPS) is 10.6. The Bertz CT molecular complexity index is 1150. The van der Waals surface area contributed by atoms with Crippen molar-refractivity contribution in [3.63, 3.8) is 0 Å².